The van der Waals surface area contributed by atoms with Crippen LogP contribution in [-0.2, 0) is 14.8 Å². The van der Waals surface area contributed by atoms with E-state index in [2.05, 4.69) is 0 Å². The molecule has 0 N–H and O–H groups in total. The van der Waals surface area contributed by atoms with E-state index in [1.807, 2.05) is 12.1 Å². The Kier molecular flexibility index (Phi) is 4.60. The fourth-order valence-corrected chi connectivity index (χ4v) is 5.60. The van der Waals surface area contributed by atoms with Crippen LogP contribution in [0.4, 0.5) is 0 Å². The lowest BCUT2D eigenvalue weighted by atomic mass is 10.2. The number of ether oxygens (including phenoxy) is 2. The van der Waals surface area contributed by atoms with Crippen LogP contribution in [0.2, 0.25) is 0 Å². The lowest BCUT2D eigenvalue weighted by Gasteiger charge is -2.36. The molecule has 0 bridgehead atoms. The zero-order chi connectivity index (χ0) is 18.1. The molecule has 0 radical (unpaired) electrons. The molecule has 3 heterocycles. The van der Waals surface area contributed by atoms with Gasteiger partial charge in [-0.1, -0.05) is 18.2 Å². The average molecular weight is 394 g/mol. The third kappa shape index (κ3) is 3.17. The van der Waals surface area contributed by atoms with Gasteiger partial charge in [0.05, 0.1) is 0 Å². The first-order valence-electron chi connectivity index (χ1n) is 8.26. The Balaban J connectivity index is 1.39. The molecular weight excluding hydrogens is 376 g/mol. The minimum absolute atomic E-state index is 0.156. The summed E-state index contributed by atoms with van der Waals surface area (Å²) in [5, 5.41) is 1.74. The lowest BCUT2D eigenvalue weighted by molar-refractivity contribution is -0.142. The summed E-state index contributed by atoms with van der Waals surface area (Å²) in [7, 11) is -3.47. The van der Waals surface area contributed by atoms with Crippen LogP contribution >= 0.6 is 11.3 Å². The fourth-order valence-electron chi connectivity index (χ4n) is 3.03. The van der Waals surface area contributed by atoms with E-state index in [4.69, 9.17) is 9.47 Å². The smallest absolute Gasteiger partial charge is 0.267 e. The van der Waals surface area contributed by atoms with Gasteiger partial charge in [0, 0.05) is 26.2 Å². The largest absolute Gasteiger partial charge is 0.485 e. The van der Waals surface area contributed by atoms with E-state index in [0.717, 1.165) is 0 Å². The van der Waals surface area contributed by atoms with Crippen molar-refractivity contribution in [1.29, 1.82) is 0 Å². The van der Waals surface area contributed by atoms with Gasteiger partial charge in [-0.15, -0.1) is 11.3 Å². The average Bonchev–Trinajstić information content (AvgIpc) is 3.23. The molecule has 9 heteroatoms. The van der Waals surface area contributed by atoms with Gasteiger partial charge in [-0.3, -0.25) is 4.79 Å². The van der Waals surface area contributed by atoms with E-state index in [9.17, 15) is 13.2 Å². The van der Waals surface area contributed by atoms with Gasteiger partial charge in [-0.25, -0.2) is 8.42 Å². The number of nitrogens with zero attached hydrogens (tertiary/aromatic N) is 2. The molecule has 1 saturated heterocycles. The molecule has 0 spiro atoms. The van der Waals surface area contributed by atoms with E-state index in [1.165, 1.54) is 15.6 Å². The molecule has 7 nitrogen and oxygen atoms in total. The summed E-state index contributed by atoms with van der Waals surface area (Å²) in [6.07, 6.45) is -0.703. The summed E-state index contributed by atoms with van der Waals surface area (Å²) < 4.78 is 38.2. The van der Waals surface area contributed by atoms with Crippen molar-refractivity contribution in [2.45, 2.75) is 10.3 Å². The number of fused-ring (bicyclic) bond motifs is 1. The van der Waals surface area contributed by atoms with Gasteiger partial charge in [-0.05, 0) is 23.6 Å². The first-order valence-corrected chi connectivity index (χ1v) is 10.6. The molecule has 1 aromatic heterocycles. The number of amides is 1. The van der Waals surface area contributed by atoms with E-state index >= 15 is 0 Å². The Morgan fingerprint density at radius 1 is 1.04 bits per heavy atom. The van der Waals surface area contributed by atoms with Gasteiger partial charge in [0.1, 0.15) is 10.8 Å². The van der Waals surface area contributed by atoms with E-state index in [-0.39, 0.29) is 25.6 Å². The topological polar surface area (TPSA) is 76.2 Å². The van der Waals surface area contributed by atoms with Gasteiger partial charge in [0.25, 0.3) is 15.9 Å². The molecule has 1 fully saturated rings. The monoisotopic (exact) mass is 394 g/mol. The summed E-state index contributed by atoms with van der Waals surface area (Å²) in [5.41, 5.74) is 0. The van der Waals surface area contributed by atoms with Crippen LogP contribution in [0.1, 0.15) is 0 Å². The van der Waals surface area contributed by atoms with Crippen molar-refractivity contribution in [2.24, 2.45) is 0 Å². The maximum Gasteiger partial charge on any atom is 0.267 e. The zero-order valence-electron chi connectivity index (χ0n) is 13.9. The highest BCUT2D eigenvalue weighted by Crippen LogP contribution is 2.31. The highest BCUT2D eigenvalue weighted by molar-refractivity contribution is 7.91. The van der Waals surface area contributed by atoms with Crippen molar-refractivity contribution in [2.75, 3.05) is 32.8 Å². The van der Waals surface area contributed by atoms with E-state index in [1.54, 1.807) is 34.5 Å². The SMILES string of the molecule is O=C([C@H]1COc2ccccc2O1)N1CCN(S(=O)(=O)c2cccs2)CC1. The molecular formula is C17H18N2O5S2. The minimum Gasteiger partial charge on any atom is -0.485 e. The number of thiophene rings is 1. The molecule has 0 unspecified atom stereocenters. The maximum atomic E-state index is 12.7. The standard InChI is InChI=1S/C17H18N2O5S2/c20-17(15-12-23-13-4-1-2-5-14(13)24-15)18-7-9-19(10-8-18)26(21,22)16-6-3-11-25-16/h1-6,11,15H,7-10,12H2/t15-/m1/s1. The first kappa shape index (κ1) is 17.3. The van der Waals surface area contributed by atoms with Crippen molar-refractivity contribution in [3.63, 3.8) is 0 Å². The van der Waals surface area contributed by atoms with Crippen LogP contribution in [0.3, 0.4) is 0 Å². The summed E-state index contributed by atoms with van der Waals surface area (Å²) in [6.45, 7) is 1.38. The van der Waals surface area contributed by atoms with Gasteiger partial charge in [0.2, 0.25) is 6.10 Å². The van der Waals surface area contributed by atoms with Gasteiger partial charge >= 0.3 is 0 Å². The summed E-state index contributed by atoms with van der Waals surface area (Å²) >= 11 is 1.20. The molecule has 2 aliphatic rings. The molecule has 1 amide bonds. The molecule has 138 valence electrons. The number of piperazine rings is 1. The predicted molar refractivity (Wildman–Crippen MR) is 96.0 cm³/mol. The highest BCUT2D eigenvalue weighted by Gasteiger charge is 2.35. The van der Waals surface area contributed by atoms with Crippen LogP contribution < -0.4 is 9.47 Å². The second-order valence-electron chi connectivity index (χ2n) is 6.03. The Morgan fingerprint density at radius 2 is 1.77 bits per heavy atom. The third-order valence-corrected chi connectivity index (χ3v) is 7.70. The van der Waals surface area contributed by atoms with Gasteiger partial charge < -0.3 is 14.4 Å². The van der Waals surface area contributed by atoms with Crippen LogP contribution in [0.25, 0.3) is 0 Å². The van der Waals surface area contributed by atoms with Crippen LogP contribution in [0, 0.1) is 0 Å². The van der Waals surface area contributed by atoms with Crippen molar-refractivity contribution in [3.05, 3.63) is 41.8 Å². The van der Waals surface area contributed by atoms with Gasteiger partial charge in [-0.2, -0.15) is 4.31 Å². The number of rotatable bonds is 3. The fraction of sp³-hybridized carbons (Fsp3) is 0.353. The molecule has 26 heavy (non-hydrogen) atoms. The minimum atomic E-state index is -3.47. The molecule has 2 aliphatic heterocycles. The maximum absolute atomic E-state index is 12.7. The van der Waals surface area contributed by atoms with Crippen molar-refractivity contribution in [3.8, 4) is 11.5 Å². The van der Waals surface area contributed by atoms with Gasteiger partial charge in [0.15, 0.2) is 11.5 Å². The van der Waals surface area contributed by atoms with Crippen LogP contribution in [-0.4, -0.2) is 62.4 Å². The van der Waals surface area contributed by atoms with Crippen molar-refractivity contribution in [1.82, 2.24) is 9.21 Å². The quantitative estimate of drug-likeness (QED) is 0.787. The molecule has 1 aromatic carbocycles. The first-order chi connectivity index (χ1) is 12.6. The molecule has 0 saturated carbocycles. The Morgan fingerprint density at radius 3 is 2.46 bits per heavy atom. The van der Waals surface area contributed by atoms with Crippen molar-refractivity contribution < 1.29 is 22.7 Å². The second kappa shape index (κ2) is 6.90. The summed E-state index contributed by atoms with van der Waals surface area (Å²) in [4.78, 5) is 14.3. The zero-order valence-corrected chi connectivity index (χ0v) is 15.5. The second-order valence-corrected chi connectivity index (χ2v) is 9.14. The molecule has 4 rings (SSSR count). The van der Waals surface area contributed by atoms with Crippen LogP contribution in [0.5, 0.6) is 11.5 Å². The van der Waals surface area contributed by atoms with Crippen LogP contribution in [0.15, 0.2) is 46.0 Å². The number of carbonyl (C=O) groups excluding carboxylic acids is 1. The van der Waals surface area contributed by atoms with E-state index < -0.39 is 16.1 Å². The number of para-hydroxylation sites is 2. The molecule has 2 aromatic rings. The Bertz CT molecular complexity index is 890. The molecule has 0 aliphatic carbocycles. The number of carbonyl (C=O) groups is 1. The number of benzene rings is 1. The number of sulfonamides is 1. The third-order valence-electron chi connectivity index (χ3n) is 4.42. The Hall–Kier alpha value is -2.10. The number of hydrogen-bond donors (Lipinski definition) is 0. The lowest BCUT2D eigenvalue weighted by Crippen LogP contribution is -2.54. The summed E-state index contributed by atoms with van der Waals surface area (Å²) in [6, 6.07) is 10.5. The summed E-state index contributed by atoms with van der Waals surface area (Å²) in [5.74, 6) is 1.01. The predicted octanol–water partition coefficient (Wildman–Crippen LogP) is 1.42. The number of hydrogen-bond acceptors (Lipinski definition) is 6. The highest BCUT2D eigenvalue weighted by atomic mass is 32.2. The van der Waals surface area contributed by atoms with E-state index in [0.29, 0.717) is 28.8 Å². The van der Waals surface area contributed by atoms with Crippen molar-refractivity contribution >= 4 is 27.3 Å². The normalized spacial score (nSPS) is 20.8. The molecule has 1 atom stereocenters. The Labute approximate surface area is 155 Å².